The third kappa shape index (κ3) is 6.29. The number of ether oxygens (including phenoxy) is 2. The van der Waals surface area contributed by atoms with Crippen molar-refractivity contribution in [1.82, 2.24) is 0 Å². The van der Waals surface area contributed by atoms with Gasteiger partial charge in [0.15, 0.2) is 0 Å². The maximum absolute atomic E-state index is 12.7. The quantitative estimate of drug-likeness (QED) is 0.326. The SMILES string of the molecule is CCCCOC(=O)C(=C(C(=O)OCCCC)C1CCCC1)C(C)C. The van der Waals surface area contributed by atoms with Gasteiger partial charge in [-0.05, 0) is 37.5 Å². The van der Waals surface area contributed by atoms with Gasteiger partial charge in [-0.2, -0.15) is 0 Å². The van der Waals surface area contributed by atoms with Gasteiger partial charge in [0.25, 0.3) is 0 Å². The van der Waals surface area contributed by atoms with Crippen molar-refractivity contribution in [3.05, 3.63) is 11.1 Å². The Hall–Kier alpha value is -1.32. The van der Waals surface area contributed by atoms with Gasteiger partial charge in [0, 0.05) is 0 Å². The molecule has 0 amide bonds. The van der Waals surface area contributed by atoms with Gasteiger partial charge < -0.3 is 9.47 Å². The Kier molecular flexibility index (Phi) is 9.73. The second-order valence-electron chi connectivity index (χ2n) is 6.94. The highest BCUT2D eigenvalue weighted by Gasteiger charge is 2.33. The van der Waals surface area contributed by atoms with Crippen molar-refractivity contribution in [2.45, 2.75) is 79.1 Å². The Morgan fingerprint density at radius 3 is 1.88 bits per heavy atom. The zero-order chi connectivity index (χ0) is 17.9. The second kappa shape index (κ2) is 11.3. The van der Waals surface area contributed by atoms with Crippen molar-refractivity contribution < 1.29 is 19.1 Å². The molecular weight excluding hydrogens is 304 g/mol. The predicted molar refractivity (Wildman–Crippen MR) is 95.6 cm³/mol. The standard InChI is InChI=1S/C20H34O4/c1-5-7-13-23-19(21)17(15(3)4)18(16-11-9-10-12-16)20(22)24-14-8-6-2/h15-16H,5-14H2,1-4H3. The maximum Gasteiger partial charge on any atom is 0.334 e. The van der Waals surface area contributed by atoms with Crippen LogP contribution in [0.5, 0.6) is 0 Å². The minimum atomic E-state index is -0.340. The molecule has 24 heavy (non-hydrogen) atoms. The van der Waals surface area contributed by atoms with Crippen LogP contribution in [0.15, 0.2) is 11.1 Å². The van der Waals surface area contributed by atoms with Gasteiger partial charge in [0.1, 0.15) is 0 Å². The molecule has 4 heteroatoms. The summed E-state index contributed by atoms with van der Waals surface area (Å²) in [5, 5.41) is 0. The fourth-order valence-corrected chi connectivity index (χ4v) is 3.14. The van der Waals surface area contributed by atoms with Crippen molar-refractivity contribution in [2.24, 2.45) is 11.8 Å². The molecule has 0 saturated heterocycles. The predicted octanol–water partition coefficient (Wildman–Crippen LogP) is 4.82. The largest absolute Gasteiger partial charge is 0.462 e. The molecule has 0 radical (unpaired) electrons. The Balaban J connectivity index is 3.04. The molecule has 0 atom stereocenters. The number of hydrogen-bond acceptors (Lipinski definition) is 4. The fourth-order valence-electron chi connectivity index (χ4n) is 3.14. The van der Waals surface area contributed by atoms with Crippen LogP contribution in [0.2, 0.25) is 0 Å². The van der Waals surface area contributed by atoms with E-state index in [1.807, 2.05) is 13.8 Å². The summed E-state index contributed by atoms with van der Waals surface area (Å²) in [6.07, 6.45) is 7.76. The highest BCUT2D eigenvalue weighted by atomic mass is 16.5. The molecule has 0 bridgehead atoms. The van der Waals surface area contributed by atoms with Crippen molar-refractivity contribution >= 4 is 11.9 Å². The first-order valence-electron chi connectivity index (χ1n) is 9.61. The molecule has 1 fully saturated rings. The van der Waals surface area contributed by atoms with Gasteiger partial charge in [-0.3, -0.25) is 0 Å². The summed E-state index contributed by atoms with van der Waals surface area (Å²) in [6, 6.07) is 0. The van der Waals surface area contributed by atoms with E-state index in [0.29, 0.717) is 24.4 Å². The molecule has 4 nitrogen and oxygen atoms in total. The Bertz CT molecular complexity index is 431. The van der Waals surface area contributed by atoms with Crippen LogP contribution in [0.1, 0.15) is 79.1 Å². The highest BCUT2D eigenvalue weighted by Crippen LogP contribution is 2.35. The molecule has 0 spiro atoms. The van der Waals surface area contributed by atoms with Crippen molar-refractivity contribution in [1.29, 1.82) is 0 Å². The van der Waals surface area contributed by atoms with Crippen LogP contribution >= 0.6 is 0 Å². The smallest absolute Gasteiger partial charge is 0.334 e. The summed E-state index contributed by atoms with van der Waals surface area (Å²) in [5.74, 6) is -0.567. The summed E-state index contributed by atoms with van der Waals surface area (Å²) in [4.78, 5) is 25.3. The number of hydrogen-bond donors (Lipinski definition) is 0. The van der Waals surface area contributed by atoms with E-state index < -0.39 is 0 Å². The van der Waals surface area contributed by atoms with Crippen molar-refractivity contribution in [2.75, 3.05) is 13.2 Å². The monoisotopic (exact) mass is 338 g/mol. The van der Waals surface area contributed by atoms with E-state index in [4.69, 9.17) is 9.47 Å². The summed E-state index contributed by atoms with van der Waals surface area (Å²) < 4.78 is 10.9. The van der Waals surface area contributed by atoms with Gasteiger partial charge in [0.05, 0.1) is 24.4 Å². The molecule has 0 aromatic carbocycles. The molecule has 1 aliphatic rings. The summed E-state index contributed by atoms with van der Waals surface area (Å²) in [5.41, 5.74) is 1.11. The van der Waals surface area contributed by atoms with E-state index in [1.165, 1.54) is 0 Å². The van der Waals surface area contributed by atoms with E-state index in [9.17, 15) is 9.59 Å². The van der Waals surface area contributed by atoms with Gasteiger partial charge in [-0.15, -0.1) is 0 Å². The average molecular weight is 338 g/mol. The molecule has 1 saturated carbocycles. The van der Waals surface area contributed by atoms with Crippen LogP contribution in [-0.4, -0.2) is 25.2 Å². The molecule has 0 unspecified atom stereocenters. The van der Waals surface area contributed by atoms with Crippen molar-refractivity contribution in [3.63, 3.8) is 0 Å². The van der Waals surface area contributed by atoms with Crippen LogP contribution in [0.4, 0.5) is 0 Å². The molecule has 0 aromatic heterocycles. The molecule has 0 aromatic rings. The minimum Gasteiger partial charge on any atom is -0.462 e. The second-order valence-corrected chi connectivity index (χ2v) is 6.94. The van der Waals surface area contributed by atoms with Crippen LogP contribution in [0.25, 0.3) is 0 Å². The van der Waals surface area contributed by atoms with Crippen LogP contribution < -0.4 is 0 Å². The third-order valence-electron chi connectivity index (χ3n) is 4.53. The first-order chi connectivity index (χ1) is 11.5. The van der Waals surface area contributed by atoms with Crippen molar-refractivity contribution in [3.8, 4) is 0 Å². The Labute approximate surface area is 147 Å². The molecule has 1 aliphatic carbocycles. The van der Waals surface area contributed by atoms with E-state index in [1.54, 1.807) is 0 Å². The number of unbranched alkanes of at least 4 members (excludes halogenated alkanes) is 2. The fraction of sp³-hybridized carbons (Fsp3) is 0.800. The van der Waals surface area contributed by atoms with Crippen LogP contribution in [-0.2, 0) is 19.1 Å². The summed E-state index contributed by atoms with van der Waals surface area (Å²) in [6.45, 7) is 8.85. The molecule has 1 rings (SSSR count). The maximum atomic E-state index is 12.7. The van der Waals surface area contributed by atoms with Gasteiger partial charge in [-0.25, -0.2) is 9.59 Å². The Morgan fingerprint density at radius 2 is 1.42 bits per heavy atom. The number of carbonyl (C=O) groups is 2. The van der Waals surface area contributed by atoms with Gasteiger partial charge in [0.2, 0.25) is 0 Å². The lowest BCUT2D eigenvalue weighted by atomic mass is 9.87. The van der Waals surface area contributed by atoms with E-state index in [2.05, 4.69) is 13.8 Å². The number of rotatable bonds is 10. The van der Waals surface area contributed by atoms with E-state index in [-0.39, 0.29) is 23.8 Å². The van der Waals surface area contributed by atoms with E-state index >= 15 is 0 Å². The molecule has 0 heterocycles. The lowest BCUT2D eigenvalue weighted by Gasteiger charge is -2.21. The zero-order valence-electron chi connectivity index (χ0n) is 15.9. The first-order valence-corrected chi connectivity index (χ1v) is 9.61. The Morgan fingerprint density at radius 1 is 0.917 bits per heavy atom. The lowest BCUT2D eigenvalue weighted by molar-refractivity contribution is -0.143. The van der Waals surface area contributed by atoms with Crippen LogP contribution in [0, 0.1) is 11.8 Å². The molecule has 0 aliphatic heterocycles. The normalized spacial score (nSPS) is 16.2. The first kappa shape index (κ1) is 20.7. The topological polar surface area (TPSA) is 52.6 Å². The average Bonchev–Trinajstić information content (AvgIpc) is 3.06. The third-order valence-corrected chi connectivity index (χ3v) is 4.53. The zero-order valence-corrected chi connectivity index (χ0v) is 15.9. The molecule has 0 N–H and O–H groups in total. The summed E-state index contributed by atoms with van der Waals surface area (Å²) >= 11 is 0. The molecule has 138 valence electrons. The molecular formula is C20H34O4. The van der Waals surface area contributed by atoms with Gasteiger partial charge >= 0.3 is 11.9 Å². The minimum absolute atomic E-state index is 0.0477. The number of esters is 2. The summed E-state index contributed by atoms with van der Waals surface area (Å²) in [7, 11) is 0. The van der Waals surface area contributed by atoms with E-state index in [0.717, 1.165) is 51.4 Å². The lowest BCUT2D eigenvalue weighted by Crippen LogP contribution is -2.24. The highest BCUT2D eigenvalue weighted by molar-refractivity contribution is 6.01. The van der Waals surface area contributed by atoms with Gasteiger partial charge in [-0.1, -0.05) is 53.4 Å². The van der Waals surface area contributed by atoms with Crippen LogP contribution in [0.3, 0.4) is 0 Å². The number of carbonyl (C=O) groups excluding carboxylic acids is 2.